The van der Waals surface area contributed by atoms with Gasteiger partial charge in [-0.2, -0.15) is 0 Å². The molecule has 0 aromatic heterocycles. The molecule has 2 heterocycles. The van der Waals surface area contributed by atoms with Crippen LogP contribution in [0, 0.1) is 17.8 Å². The number of nitrogens with zero attached hydrogens (tertiary/aromatic N) is 1. The highest BCUT2D eigenvalue weighted by Gasteiger charge is 2.33. The van der Waals surface area contributed by atoms with Crippen LogP contribution in [0.25, 0.3) is 0 Å². The molecule has 2 heteroatoms. The fourth-order valence-corrected chi connectivity index (χ4v) is 2.08. The smallest absolute Gasteiger partial charge is 0.0706 e. The van der Waals surface area contributed by atoms with E-state index in [1.807, 2.05) is 6.92 Å². The van der Waals surface area contributed by atoms with Gasteiger partial charge in [-0.15, -0.1) is 5.92 Å². The van der Waals surface area contributed by atoms with Crippen LogP contribution < -0.4 is 0 Å². The minimum absolute atomic E-state index is 0.502. The molecule has 66 valence electrons. The summed E-state index contributed by atoms with van der Waals surface area (Å²) in [6.45, 7) is 6.07. The fraction of sp³-hybridized carbons (Fsp3) is 0.800. The highest BCUT2D eigenvalue weighted by atomic mass is 16.5. The average Bonchev–Trinajstić information content (AvgIpc) is 2.42. The summed E-state index contributed by atoms with van der Waals surface area (Å²) in [6.07, 6.45) is 1.78. The molecule has 2 rings (SSSR count). The minimum Gasteiger partial charge on any atom is -0.377 e. The standard InChI is InChI=1S/C10H15NO/c1-2-3-4-11-6-9-5-10(7-11)12-8-9/h9-10H,4-8H2,1H3. The van der Waals surface area contributed by atoms with Crippen LogP contribution in [0.2, 0.25) is 0 Å². The lowest BCUT2D eigenvalue weighted by Crippen LogP contribution is -2.39. The number of piperidine rings is 1. The molecule has 2 nitrogen and oxygen atoms in total. The molecule has 0 aromatic rings. The largest absolute Gasteiger partial charge is 0.377 e. The van der Waals surface area contributed by atoms with Gasteiger partial charge in [-0.1, -0.05) is 5.92 Å². The molecule has 2 aliphatic rings. The van der Waals surface area contributed by atoms with Gasteiger partial charge in [0.15, 0.2) is 0 Å². The SMILES string of the molecule is CC#CCN1CC2COC(C2)C1. The Balaban J connectivity index is 1.88. The number of fused-ring (bicyclic) bond motifs is 2. The molecule has 2 saturated heterocycles. The molecule has 0 N–H and O–H groups in total. The Hall–Kier alpha value is -0.520. The summed E-state index contributed by atoms with van der Waals surface area (Å²) in [6, 6.07) is 0. The van der Waals surface area contributed by atoms with Crippen molar-refractivity contribution in [2.24, 2.45) is 5.92 Å². The van der Waals surface area contributed by atoms with E-state index in [1.165, 1.54) is 13.0 Å². The van der Waals surface area contributed by atoms with Gasteiger partial charge in [-0.25, -0.2) is 0 Å². The molecule has 2 aliphatic heterocycles. The Morgan fingerprint density at radius 2 is 2.42 bits per heavy atom. The molecule has 2 unspecified atom stereocenters. The van der Waals surface area contributed by atoms with Crippen molar-refractivity contribution in [1.29, 1.82) is 0 Å². The first-order valence-electron chi connectivity index (χ1n) is 4.62. The van der Waals surface area contributed by atoms with Crippen molar-refractivity contribution in [2.75, 3.05) is 26.2 Å². The van der Waals surface area contributed by atoms with Crippen molar-refractivity contribution >= 4 is 0 Å². The molecule has 0 saturated carbocycles. The predicted octanol–water partition coefficient (Wildman–Crippen LogP) is 0.730. The van der Waals surface area contributed by atoms with Crippen LogP contribution in [-0.2, 0) is 4.74 Å². The zero-order valence-corrected chi connectivity index (χ0v) is 7.55. The molecule has 2 bridgehead atoms. The molecule has 2 atom stereocenters. The Morgan fingerprint density at radius 1 is 1.50 bits per heavy atom. The van der Waals surface area contributed by atoms with E-state index < -0.39 is 0 Å². The van der Waals surface area contributed by atoms with Crippen LogP contribution in [0.1, 0.15) is 13.3 Å². The van der Waals surface area contributed by atoms with Gasteiger partial charge < -0.3 is 4.74 Å². The first kappa shape index (κ1) is 8.10. The lowest BCUT2D eigenvalue weighted by molar-refractivity contribution is 0.0889. The molecular formula is C10H15NO. The van der Waals surface area contributed by atoms with Crippen molar-refractivity contribution in [3.8, 4) is 11.8 Å². The van der Waals surface area contributed by atoms with E-state index in [-0.39, 0.29) is 0 Å². The van der Waals surface area contributed by atoms with Gasteiger partial charge >= 0.3 is 0 Å². The number of likely N-dealkylation sites (tertiary alicyclic amines) is 1. The van der Waals surface area contributed by atoms with Gasteiger partial charge in [0.1, 0.15) is 0 Å². The summed E-state index contributed by atoms with van der Waals surface area (Å²) in [5.74, 6) is 6.82. The highest BCUT2D eigenvalue weighted by molar-refractivity contribution is 4.99. The van der Waals surface area contributed by atoms with E-state index in [9.17, 15) is 0 Å². The van der Waals surface area contributed by atoms with Crippen LogP contribution in [0.15, 0.2) is 0 Å². The lowest BCUT2D eigenvalue weighted by Gasteiger charge is -2.28. The van der Waals surface area contributed by atoms with Crippen LogP contribution >= 0.6 is 0 Å². The Bertz CT molecular complexity index is 204. The quantitative estimate of drug-likeness (QED) is 0.531. The maximum atomic E-state index is 5.60. The summed E-state index contributed by atoms with van der Waals surface area (Å²) in [4.78, 5) is 2.41. The van der Waals surface area contributed by atoms with Crippen molar-refractivity contribution in [2.45, 2.75) is 19.4 Å². The van der Waals surface area contributed by atoms with Crippen molar-refractivity contribution < 1.29 is 4.74 Å². The van der Waals surface area contributed by atoms with E-state index in [4.69, 9.17) is 4.74 Å². The average molecular weight is 165 g/mol. The summed E-state index contributed by atoms with van der Waals surface area (Å²) in [5, 5.41) is 0. The Morgan fingerprint density at radius 3 is 3.17 bits per heavy atom. The van der Waals surface area contributed by atoms with Crippen LogP contribution in [0.4, 0.5) is 0 Å². The molecule has 2 fully saturated rings. The van der Waals surface area contributed by atoms with E-state index in [0.29, 0.717) is 6.10 Å². The zero-order valence-electron chi connectivity index (χ0n) is 7.55. The van der Waals surface area contributed by atoms with E-state index in [1.54, 1.807) is 0 Å². The van der Waals surface area contributed by atoms with Gasteiger partial charge in [-0.3, -0.25) is 4.90 Å². The van der Waals surface area contributed by atoms with Gasteiger partial charge in [0, 0.05) is 13.1 Å². The van der Waals surface area contributed by atoms with Crippen LogP contribution in [0.3, 0.4) is 0 Å². The van der Waals surface area contributed by atoms with E-state index in [2.05, 4.69) is 16.7 Å². The third kappa shape index (κ3) is 1.63. The number of hydrogen-bond acceptors (Lipinski definition) is 2. The second-order valence-corrected chi connectivity index (χ2v) is 3.68. The molecule has 0 amide bonds. The molecule has 12 heavy (non-hydrogen) atoms. The first-order valence-corrected chi connectivity index (χ1v) is 4.62. The van der Waals surface area contributed by atoms with E-state index in [0.717, 1.165) is 25.6 Å². The maximum Gasteiger partial charge on any atom is 0.0706 e. The van der Waals surface area contributed by atoms with Crippen LogP contribution in [-0.4, -0.2) is 37.2 Å². The summed E-state index contributed by atoms with van der Waals surface area (Å²) in [7, 11) is 0. The summed E-state index contributed by atoms with van der Waals surface area (Å²) >= 11 is 0. The number of ether oxygens (including phenoxy) is 1. The van der Waals surface area contributed by atoms with Crippen molar-refractivity contribution in [3.05, 3.63) is 0 Å². The lowest BCUT2D eigenvalue weighted by atomic mass is 10.0. The summed E-state index contributed by atoms with van der Waals surface area (Å²) < 4.78 is 5.60. The van der Waals surface area contributed by atoms with Crippen molar-refractivity contribution in [1.82, 2.24) is 4.90 Å². The minimum atomic E-state index is 0.502. The van der Waals surface area contributed by atoms with Crippen LogP contribution in [0.5, 0.6) is 0 Å². The van der Waals surface area contributed by atoms with Gasteiger partial charge in [0.05, 0.1) is 19.3 Å². The zero-order chi connectivity index (χ0) is 8.39. The second kappa shape index (κ2) is 3.47. The van der Waals surface area contributed by atoms with E-state index >= 15 is 0 Å². The normalized spacial score (nSPS) is 34.4. The molecule has 0 aromatic carbocycles. The Kier molecular flexibility index (Phi) is 2.34. The fourth-order valence-electron chi connectivity index (χ4n) is 2.08. The number of hydrogen-bond donors (Lipinski definition) is 0. The van der Waals surface area contributed by atoms with Gasteiger partial charge in [-0.05, 0) is 19.3 Å². The van der Waals surface area contributed by atoms with Gasteiger partial charge in [0.25, 0.3) is 0 Å². The predicted molar refractivity (Wildman–Crippen MR) is 47.7 cm³/mol. The summed E-state index contributed by atoms with van der Waals surface area (Å²) in [5.41, 5.74) is 0. The van der Waals surface area contributed by atoms with Gasteiger partial charge in [0.2, 0.25) is 0 Å². The topological polar surface area (TPSA) is 12.5 Å². The monoisotopic (exact) mass is 165 g/mol. The number of rotatable bonds is 1. The third-order valence-corrected chi connectivity index (χ3v) is 2.62. The molecular weight excluding hydrogens is 150 g/mol. The molecule has 0 spiro atoms. The Labute approximate surface area is 73.9 Å². The van der Waals surface area contributed by atoms with Crippen molar-refractivity contribution in [3.63, 3.8) is 0 Å². The molecule has 0 radical (unpaired) electrons. The maximum absolute atomic E-state index is 5.60. The highest BCUT2D eigenvalue weighted by Crippen LogP contribution is 2.26. The molecule has 0 aliphatic carbocycles. The first-order chi connectivity index (χ1) is 5.88. The second-order valence-electron chi connectivity index (χ2n) is 3.68. The third-order valence-electron chi connectivity index (χ3n) is 2.62.